The molecule has 8 heteroatoms. The van der Waals surface area contributed by atoms with Gasteiger partial charge in [-0.2, -0.15) is 0 Å². The quantitative estimate of drug-likeness (QED) is 0.417. The summed E-state index contributed by atoms with van der Waals surface area (Å²) in [6.45, 7) is 16.8. The second-order valence-corrected chi connectivity index (χ2v) is 11.0. The maximum Gasteiger partial charge on any atom is 0.408 e. The number of nitrogens with zero attached hydrogens (tertiary/aromatic N) is 1. The number of likely N-dealkylation sites (N-methyl/N-ethyl adjacent to an activating group) is 1. The van der Waals surface area contributed by atoms with Crippen LogP contribution in [0.1, 0.15) is 69.8 Å². The van der Waals surface area contributed by atoms with Crippen LogP contribution in [-0.4, -0.2) is 41.0 Å². The number of benzene rings is 2. The number of alkyl carbamates (subject to hydrolysis) is 1. The van der Waals surface area contributed by atoms with Crippen LogP contribution in [0, 0.1) is 26.7 Å². The van der Waals surface area contributed by atoms with Crippen LogP contribution in [0.2, 0.25) is 5.02 Å². The fourth-order valence-corrected chi connectivity index (χ4v) is 4.36. The Kier molecular flexibility index (Phi) is 10.2. The highest BCUT2D eigenvalue weighted by molar-refractivity contribution is 6.34. The highest BCUT2D eigenvalue weighted by Gasteiger charge is 2.37. The van der Waals surface area contributed by atoms with Crippen molar-refractivity contribution in [2.45, 2.75) is 80.0 Å². The Balaban J connectivity index is 2.55. The van der Waals surface area contributed by atoms with Crippen LogP contribution < -0.4 is 10.6 Å². The van der Waals surface area contributed by atoms with Gasteiger partial charge in [-0.05, 0) is 82.7 Å². The van der Waals surface area contributed by atoms with E-state index in [1.807, 2.05) is 71.9 Å². The summed E-state index contributed by atoms with van der Waals surface area (Å²) in [4.78, 5) is 42.0. The molecule has 0 radical (unpaired) electrons. The summed E-state index contributed by atoms with van der Waals surface area (Å²) in [5, 5.41) is 6.09. The van der Waals surface area contributed by atoms with Crippen molar-refractivity contribution in [3.63, 3.8) is 0 Å². The molecule has 2 atom stereocenters. The van der Waals surface area contributed by atoms with Crippen LogP contribution in [0.15, 0.2) is 36.4 Å². The number of hydrogen-bond acceptors (Lipinski definition) is 4. The smallest absolute Gasteiger partial charge is 0.408 e. The normalized spacial score (nSPS) is 13.1. The summed E-state index contributed by atoms with van der Waals surface area (Å²) in [6.07, 6.45) is -0.685. The largest absolute Gasteiger partial charge is 0.444 e. The first-order valence-electron chi connectivity index (χ1n) is 12.6. The maximum atomic E-state index is 14.0. The van der Waals surface area contributed by atoms with Gasteiger partial charge in [0.2, 0.25) is 5.91 Å². The van der Waals surface area contributed by atoms with Crippen LogP contribution in [-0.2, 0) is 14.3 Å². The number of carbonyl (C=O) groups excluding carboxylic acids is 3. The van der Waals surface area contributed by atoms with Gasteiger partial charge in [-0.15, -0.1) is 0 Å². The number of ether oxygens (including phenoxy) is 1. The van der Waals surface area contributed by atoms with Crippen molar-refractivity contribution in [1.82, 2.24) is 10.2 Å². The lowest BCUT2D eigenvalue weighted by atomic mass is 9.94. The zero-order valence-corrected chi connectivity index (χ0v) is 24.1. The molecule has 2 aromatic rings. The molecule has 0 saturated carbocycles. The van der Waals surface area contributed by atoms with Crippen molar-refractivity contribution in [2.24, 2.45) is 5.92 Å². The van der Waals surface area contributed by atoms with E-state index in [2.05, 4.69) is 10.6 Å². The summed E-state index contributed by atoms with van der Waals surface area (Å²) >= 11 is 6.40. The van der Waals surface area contributed by atoms with Crippen LogP contribution in [0.25, 0.3) is 0 Å². The number of halogens is 1. The van der Waals surface area contributed by atoms with E-state index >= 15 is 0 Å². The van der Waals surface area contributed by atoms with Gasteiger partial charge in [0.25, 0.3) is 5.91 Å². The fraction of sp³-hybridized carbons (Fsp3) is 0.483. The molecule has 0 spiro atoms. The first kappa shape index (κ1) is 30.2. The molecule has 202 valence electrons. The molecule has 0 saturated heterocycles. The Labute approximate surface area is 225 Å². The Morgan fingerprint density at radius 2 is 1.59 bits per heavy atom. The van der Waals surface area contributed by atoms with Crippen LogP contribution in [0.3, 0.4) is 0 Å². The first-order chi connectivity index (χ1) is 17.2. The Hall–Kier alpha value is -3.06. The molecule has 3 amide bonds. The third-order valence-corrected chi connectivity index (χ3v) is 6.51. The molecule has 2 unspecified atom stereocenters. The van der Waals surface area contributed by atoms with E-state index < -0.39 is 23.8 Å². The van der Waals surface area contributed by atoms with E-state index in [9.17, 15) is 14.4 Å². The highest BCUT2D eigenvalue weighted by Crippen LogP contribution is 2.31. The summed E-state index contributed by atoms with van der Waals surface area (Å²) in [6, 6.07) is 9.23. The maximum absolute atomic E-state index is 14.0. The van der Waals surface area contributed by atoms with Crippen LogP contribution in [0.5, 0.6) is 0 Å². The number of hydrogen-bond donors (Lipinski definition) is 2. The van der Waals surface area contributed by atoms with Gasteiger partial charge in [-0.1, -0.05) is 55.8 Å². The summed E-state index contributed by atoms with van der Waals surface area (Å²) in [5.41, 5.74) is 3.21. The van der Waals surface area contributed by atoms with Crippen LogP contribution >= 0.6 is 11.6 Å². The topological polar surface area (TPSA) is 87.7 Å². The van der Waals surface area contributed by atoms with Crippen molar-refractivity contribution in [3.8, 4) is 0 Å². The fourth-order valence-electron chi connectivity index (χ4n) is 4.09. The summed E-state index contributed by atoms with van der Waals surface area (Å²) in [5.74, 6) is -1.01. The molecule has 0 aliphatic carbocycles. The van der Waals surface area contributed by atoms with Gasteiger partial charge < -0.3 is 20.3 Å². The monoisotopic (exact) mass is 529 g/mol. The molecule has 7 nitrogen and oxygen atoms in total. The van der Waals surface area contributed by atoms with Gasteiger partial charge in [0, 0.05) is 6.54 Å². The number of amides is 3. The third-order valence-electron chi connectivity index (χ3n) is 6.20. The SMILES string of the molecule is CCN(C(=O)C(NC(=O)OC(C)(C)C)C(C)C)C(C(=O)Nc1c(C)cccc1Cl)c1cccc(C)c1C. The number of aryl methyl sites for hydroxylation is 2. The molecule has 2 aromatic carbocycles. The second kappa shape index (κ2) is 12.5. The average Bonchev–Trinajstić information content (AvgIpc) is 2.78. The predicted molar refractivity (Wildman–Crippen MR) is 149 cm³/mol. The highest BCUT2D eigenvalue weighted by atomic mass is 35.5. The Morgan fingerprint density at radius 1 is 1.00 bits per heavy atom. The molecule has 0 heterocycles. The summed E-state index contributed by atoms with van der Waals surface area (Å²) in [7, 11) is 0. The van der Waals surface area contributed by atoms with E-state index in [4.69, 9.17) is 16.3 Å². The van der Waals surface area contributed by atoms with Gasteiger partial charge >= 0.3 is 6.09 Å². The van der Waals surface area contributed by atoms with Crippen LogP contribution in [0.4, 0.5) is 10.5 Å². The Bertz CT molecular complexity index is 1120. The molecular formula is C29H40ClN3O4. The molecule has 0 fully saturated rings. The summed E-state index contributed by atoms with van der Waals surface area (Å²) < 4.78 is 5.40. The lowest BCUT2D eigenvalue weighted by Gasteiger charge is -2.35. The van der Waals surface area contributed by atoms with Gasteiger partial charge in [-0.3, -0.25) is 9.59 Å². The molecule has 0 aliphatic heterocycles. The van der Waals surface area contributed by atoms with Crippen molar-refractivity contribution < 1.29 is 19.1 Å². The Morgan fingerprint density at radius 3 is 2.14 bits per heavy atom. The zero-order valence-electron chi connectivity index (χ0n) is 23.4. The van der Waals surface area contributed by atoms with Gasteiger partial charge in [-0.25, -0.2) is 4.79 Å². The lowest BCUT2D eigenvalue weighted by molar-refractivity contribution is -0.141. The molecule has 0 bridgehead atoms. The van der Waals surface area contributed by atoms with Crippen molar-refractivity contribution in [3.05, 3.63) is 63.7 Å². The molecule has 2 rings (SSSR count). The van der Waals surface area contributed by atoms with Gasteiger partial charge in [0.1, 0.15) is 17.7 Å². The van der Waals surface area contributed by atoms with Crippen molar-refractivity contribution in [1.29, 1.82) is 0 Å². The standard InChI is InChI=1S/C29H40ClN3O4/c1-10-33(27(35)23(17(2)3)32-28(36)37-29(7,8)9)25(21-15-11-13-18(4)20(21)6)26(34)31-24-19(5)14-12-16-22(24)30/h11-17,23,25H,10H2,1-9H3,(H,31,34)(H,32,36). The van der Waals surface area contributed by atoms with E-state index in [-0.39, 0.29) is 24.3 Å². The minimum absolute atomic E-state index is 0.241. The third kappa shape index (κ3) is 7.71. The zero-order chi connectivity index (χ0) is 28.1. The molecular weight excluding hydrogens is 490 g/mol. The predicted octanol–water partition coefficient (Wildman–Crippen LogP) is 6.34. The average molecular weight is 530 g/mol. The number of nitrogens with one attached hydrogen (secondary N) is 2. The number of anilines is 1. The second-order valence-electron chi connectivity index (χ2n) is 10.6. The van der Waals surface area contributed by atoms with Gasteiger partial charge in [0.05, 0.1) is 10.7 Å². The van der Waals surface area contributed by atoms with E-state index in [1.165, 1.54) is 4.90 Å². The van der Waals surface area contributed by atoms with E-state index in [0.717, 1.165) is 16.7 Å². The first-order valence-corrected chi connectivity index (χ1v) is 13.0. The molecule has 0 aromatic heterocycles. The molecule has 0 aliphatic rings. The molecule has 2 N–H and O–H groups in total. The minimum atomic E-state index is -0.949. The molecule has 37 heavy (non-hydrogen) atoms. The number of rotatable bonds is 8. The lowest BCUT2D eigenvalue weighted by Crippen LogP contribution is -2.54. The van der Waals surface area contributed by atoms with E-state index in [0.29, 0.717) is 16.3 Å². The van der Waals surface area contributed by atoms with Crippen molar-refractivity contribution >= 4 is 35.2 Å². The number of carbonyl (C=O) groups is 3. The van der Waals surface area contributed by atoms with Gasteiger partial charge in [0.15, 0.2) is 0 Å². The minimum Gasteiger partial charge on any atom is -0.444 e. The van der Waals surface area contributed by atoms with E-state index in [1.54, 1.807) is 26.8 Å². The van der Waals surface area contributed by atoms with Crippen molar-refractivity contribution in [2.75, 3.05) is 11.9 Å². The number of para-hydroxylation sites is 1.